The molecule has 172 valence electrons. The Morgan fingerprint density at radius 1 is 1.15 bits per heavy atom. The third-order valence-electron chi connectivity index (χ3n) is 6.20. The number of halogens is 3. The van der Waals surface area contributed by atoms with Crippen LogP contribution in [0.5, 0.6) is 0 Å². The van der Waals surface area contributed by atoms with E-state index in [0.717, 1.165) is 21.0 Å². The van der Waals surface area contributed by atoms with Crippen molar-refractivity contribution in [1.82, 2.24) is 18.5 Å². The molecule has 4 aromatic heterocycles. The average Bonchev–Trinajstić information content (AvgIpc) is 3.36. The molecular formula is C23H21F3N4O2S. The summed E-state index contributed by atoms with van der Waals surface area (Å²) in [6.45, 7) is 3.82. The Morgan fingerprint density at radius 2 is 1.94 bits per heavy atom. The van der Waals surface area contributed by atoms with Crippen LogP contribution in [0.4, 0.5) is 13.2 Å². The van der Waals surface area contributed by atoms with Crippen molar-refractivity contribution in [2.45, 2.75) is 45.8 Å². The molecule has 0 saturated heterocycles. The molecule has 5 rings (SSSR count). The Morgan fingerprint density at radius 3 is 2.64 bits per heavy atom. The standard InChI is InChI=1S/C23H21F3N4O2S/c1-13-9-28(12-27-13)18-4-5-19-22(32)29(14(2)10-30(19)21(18)31)11-17-8-15-7-16(23(24,25)26)3-6-20(15)33-17/h4-5,8-10,12,16H,3,6-7,11H2,1-2H3. The Labute approximate surface area is 190 Å². The third-order valence-corrected chi connectivity index (χ3v) is 7.42. The summed E-state index contributed by atoms with van der Waals surface area (Å²) < 4.78 is 43.9. The van der Waals surface area contributed by atoms with Gasteiger partial charge in [-0.15, -0.1) is 11.3 Å². The van der Waals surface area contributed by atoms with Crippen LogP contribution in [0.3, 0.4) is 0 Å². The van der Waals surface area contributed by atoms with Gasteiger partial charge in [0.25, 0.3) is 11.1 Å². The molecule has 0 aromatic carbocycles. The molecule has 0 N–H and O–H groups in total. The van der Waals surface area contributed by atoms with Gasteiger partial charge in [-0.3, -0.25) is 14.0 Å². The van der Waals surface area contributed by atoms with Crippen LogP contribution in [0.1, 0.15) is 33.1 Å². The molecule has 10 heteroatoms. The van der Waals surface area contributed by atoms with Gasteiger partial charge in [0.2, 0.25) is 0 Å². The van der Waals surface area contributed by atoms with Crippen molar-refractivity contribution in [2.24, 2.45) is 5.92 Å². The van der Waals surface area contributed by atoms with E-state index < -0.39 is 12.1 Å². The topological polar surface area (TPSA) is 61.3 Å². The Kier molecular flexibility index (Phi) is 5.08. The highest BCUT2D eigenvalue weighted by Crippen LogP contribution is 2.40. The van der Waals surface area contributed by atoms with Crippen molar-refractivity contribution < 1.29 is 13.2 Å². The second-order valence-electron chi connectivity index (χ2n) is 8.51. The van der Waals surface area contributed by atoms with Crippen LogP contribution in [-0.4, -0.2) is 24.7 Å². The average molecular weight is 475 g/mol. The van der Waals surface area contributed by atoms with E-state index in [1.165, 1.54) is 15.7 Å². The highest BCUT2D eigenvalue weighted by molar-refractivity contribution is 7.12. The normalized spacial score (nSPS) is 16.3. The molecule has 0 amide bonds. The molecule has 0 radical (unpaired) electrons. The van der Waals surface area contributed by atoms with Crippen LogP contribution in [0.15, 0.2) is 46.5 Å². The number of nitrogens with zero attached hydrogens (tertiary/aromatic N) is 4. The van der Waals surface area contributed by atoms with Gasteiger partial charge in [0.15, 0.2) is 0 Å². The lowest BCUT2D eigenvalue weighted by Gasteiger charge is -2.24. The second-order valence-corrected chi connectivity index (χ2v) is 9.73. The zero-order chi connectivity index (χ0) is 23.5. The molecular weight excluding hydrogens is 453 g/mol. The van der Waals surface area contributed by atoms with E-state index in [9.17, 15) is 22.8 Å². The number of hydrogen-bond donors (Lipinski definition) is 0. The quantitative estimate of drug-likeness (QED) is 0.450. The molecule has 1 aliphatic carbocycles. The maximum absolute atomic E-state index is 13.2. The van der Waals surface area contributed by atoms with Gasteiger partial charge in [-0.25, -0.2) is 4.98 Å². The lowest BCUT2D eigenvalue weighted by Crippen LogP contribution is -2.30. The van der Waals surface area contributed by atoms with E-state index in [1.807, 2.05) is 6.92 Å². The molecule has 4 heterocycles. The summed E-state index contributed by atoms with van der Waals surface area (Å²) in [4.78, 5) is 32.2. The summed E-state index contributed by atoms with van der Waals surface area (Å²) in [6, 6.07) is 5.00. The number of fused-ring (bicyclic) bond motifs is 2. The van der Waals surface area contributed by atoms with E-state index in [2.05, 4.69) is 4.98 Å². The summed E-state index contributed by atoms with van der Waals surface area (Å²) in [7, 11) is 0. The number of alkyl halides is 3. The van der Waals surface area contributed by atoms with E-state index in [4.69, 9.17) is 0 Å². The summed E-state index contributed by atoms with van der Waals surface area (Å²) in [5, 5.41) is 0. The van der Waals surface area contributed by atoms with Crippen molar-refractivity contribution in [1.29, 1.82) is 0 Å². The Bertz CT molecular complexity index is 1490. The highest BCUT2D eigenvalue weighted by Gasteiger charge is 2.41. The lowest BCUT2D eigenvalue weighted by atomic mass is 9.88. The third kappa shape index (κ3) is 3.82. The zero-order valence-electron chi connectivity index (χ0n) is 18.0. The fraction of sp³-hybridized carbons (Fsp3) is 0.348. The number of imidazole rings is 1. The fourth-order valence-corrected chi connectivity index (χ4v) is 5.65. The zero-order valence-corrected chi connectivity index (χ0v) is 18.8. The molecule has 0 saturated carbocycles. The number of thiophene rings is 1. The summed E-state index contributed by atoms with van der Waals surface area (Å²) >= 11 is 1.46. The number of rotatable bonds is 3. The number of aromatic nitrogens is 4. The van der Waals surface area contributed by atoms with Gasteiger partial charge in [0.1, 0.15) is 11.2 Å². The van der Waals surface area contributed by atoms with Gasteiger partial charge in [0, 0.05) is 27.8 Å². The van der Waals surface area contributed by atoms with Crippen LogP contribution in [0.2, 0.25) is 0 Å². The van der Waals surface area contributed by atoms with E-state index in [0.29, 0.717) is 17.8 Å². The molecule has 1 atom stereocenters. The maximum Gasteiger partial charge on any atom is 0.392 e. The van der Waals surface area contributed by atoms with Gasteiger partial charge in [0.05, 0.1) is 24.5 Å². The summed E-state index contributed by atoms with van der Waals surface area (Å²) in [5.74, 6) is -1.31. The first kappa shape index (κ1) is 21.7. The SMILES string of the molecule is Cc1cn(-c2ccc3c(=O)n(Cc4cc5c(s4)CCC(C(F)(F)F)C5)c(C)cn3c2=O)cn1. The van der Waals surface area contributed by atoms with Crippen LogP contribution in [-0.2, 0) is 19.4 Å². The van der Waals surface area contributed by atoms with Gasteiger partial charge >= 0.3 is 6.18 Å². The van der Waals surface area contributed by atoms with E-state index in [-0.39, 0.29) is 36.0 Å². The largest absolute Gasteiger partial charge is 0.392 e. The molecule has 0 fully saturated rings. The molecule has 0 aliphatic heterocycles. The Hall–Kier alpha value is -3.14. The van der Waals surface area contributed by atoms with E-state index in [1.54, 1.807) is 53.0 Å². The monoisotopic (exact) mass is 474 g/mol. The number of hydrogen-bond acceptors (Lipinski definition) is 4. The maximum atomic E-state index is 13.2. The van der Waals surface area contributed by atoms with Crippen molar-refractivity contribution >= 4 is 16.9 Å². The van der Waals surface area contributed by atoms with Crippen LogP contribution < -0.4 is 11.1 Å². The van der Waals surface area contributed by atoms with Gasteiger partial charge in [-0.1, -0.05) is 0 Å². The first-order valence-corrected chi connectivity index (χ1v) is 11.4. The number of aryl methyl sites for hydroxylation is 3. The second kappa shape index (κ2) is 7.72. The molecule has 1 aliphatic rings. The number of pyridine rings is 1. The highest BCUT2D eigenvalue weighted by atomic mass is 32.1. The smallest absolute Gasteiger partial charge is 0.304 e. The van der Waals surface area contributed by atoms with Gasteiger partial charge in [-0.05, 0) is 56.9 Å². The predicted molar refractivity (Wildman–Crippen MR) is 120 cm³/mol. The molecule has 6 nitrogen and oxygen atoms in total. The Balaban J connectivity index is 1.51. The fourth-order valence-electron chi connectivity index (χ4n) is 4.44. The first-order chi connectivity index (χ1) is 15.6. The van der Waals surface area contributed by atoms with Crippen molar-refractivity contribution in [2.75, 3.05) is 0 Å². The minimum atomic E-state index is -4.19. The molecule has 0 spiro atoms. The van der Waals surface area contributed by atoms with Crippen LogP contribution in [0, 0.1) is 19.8 Å². The van der Waals surface area contributed by atoms with Crippen molar-refractivity contribution in [3.05, 3.63) is 84.3 Å². The van der Waals surface area contributed by atoms with E-state index >= 15 is 0 Å². The molecule has 1 unspecified atom stereocenters. The summed E-state index contributed by atoms with van der Waals surface area (Å²) in [5.41, 5.74) is 2.06. The summed E-state index contributed by atoms with van der Waals surface area (Å²) in [6.07, 6.45) is 1.22. The molecule has 4 aromatic rings. The van der Waals surface area contributed by atoms with Crippen molar-refractivity contribution in [3.63, 3.8) is 0 Å². The van der Waals surface area contributed by atoms with Crippen LogP contribution in [0.25, 0.3) is 11.2 Å². The lowest BCUT2D eigenvalue weighted by molar-refractivity contribution is -0.176. The minimum absolute atomic E-state index is 0.00711. The first-order valence-electron chi connectivity index (χ1n) is 10.6. The van der Waals surface area contributed by atoms with Gasteiger partial charge in [-0.2, -0.15) is 13.2 Å². The van der Waals surface area contributed by atoms with Crippen LogP contribution >= 0.6 is 11.3 Å². The van der Waals surface area contributed by atoms with Crippen molar-refractivity contribution in [3.8, 4) is 5.69 Å². The molecule has 0 bridgehead atoms. The minimum Gasteiger partial charge on any atom is -0.304 e. The predicted octanol–water partition coefficient (Wildman–Crippen LogP) is 4.04. The molecule has 33 heavy (non-hydrogen) atoms. The van der Waals surface area contributed by atoms with Gasteiger partial charge < -0.3 is 9.13 Å².